The van der Waals surface area contributed by atoms with Crippen LogP contribution in [-0.4, -0.2) is 15.9 Å². The van der Waals surface area contributed by atoms with E-state index in [2.05, 4.69) is 15.3 Å². The van der Waals surface area contributed by atoms with Gasteiger partial charge in [0.05, 0.1) is 17.3 Å². The zero-order valence-corrected chi connectivity index (χ0v) is 13.9. The standard InChI is InChI=1S/C20H19N3O2/c1-15(23-20(24)17-7-5-10-21-13-17)16-6-4-9-19(12-16)25-14-18-8-2-3-11-22-18/h2-13,15H,14H2,1H3,(H,23,24). The highest BCUT2D eigenvalue weighted by Crippen LogP contribution is 2.20. The molecule has 1 atom stereocenters. The zero-order chi connectivity index (χ0) is 17.5. The normalized spacial score (nSPS) is 11.6. The minimum absolute atomic E-state index is 0.147. The van der Waals surface area contributed by atoms with Gasteiger partial charge in [-0.15, -0.1) is 0 Å². The van der Waals surface area contributed by atoms with E-state index >= 15 is 0 Å². The molecule has 126 valence electrons. The van der Waals surface area contributed by atoms with Gasteiger partial charge in [0, 0.05) is 18.6 Å². The van der Waals surface area contributed by atoms with E-state index in [-0.39, 0.29) is 11.9 Å². The van der Waals surface area contributed by atoms with Gasteiger partial charge in [-0.1, -0.05) is 18.2 Å². The minimum atomic E-state index is -0.152. The number of pyridine rings is 2. The molecule has 3 rings (SSSR count). The molecule has 5 nitrogen and oxygen atoms in total. The Hall–Kier alpha value is -3.21. The first-order valence-corrected chi connectivity index (χ1v) is 8.06. The minimum Gasteiger partial charge on any atom is -0.487 e. The second-order valence-electron chi connectivity index (χ2n) is 5.62. The Bertz CT molecular complexity index is 823. The lowest BCUT2D eigenvalue weighted by Crippen LogP contribution is -2.26. The van der Waals surface area contributed by atoms with Gasteiger partial charge >= 0.3 is 0 Å². The summed E-state index contributed by atoms with van der Waals surface area (Å²) >= 11 is 0. The topological polar surface area (TPSA) is 64.1 Å². The number of hydrogen-bond donors (Lipinski definition) is 1. The summed E-state index contributed by atoms with van der Waals surface area (Å²) in [4.78, 5) is 20.4. The highest BCUT2D eigenvalue weighted by atomic mass is 16.5. The average molecular weight is 333 g/mol. The van der Waals surface area contributed by atoms with Gasteiger partial charge in [0.2, 0.25) is 0 Å². The molecule has 1 aromatic carbocycles. The number of rotatable bonds is 6. The van der Waals surface area contributed by atoms with Crippen molar-refractivity contribution in [2.45, 2.75) is 19.6 Å². The smallest absolute Gasteiger partial charge is 0.253 e. The van der Waals surface area contributed by atoms with Gasteiger partial charge in [0.25, 0.3) is 5.91 Å². The van der Waals surface area contributed by atoms with Gasteiger partial charge in [-0.05, 0) is 48.9 Å². The van der Waals surface area contributed by atoms with Crippen LogP contribution in [-0.2, 0) is 6.61 Å². The molecule has 0 aliphatic heterocycles. The Labute approximate surface area is 146 Å². The van der Waals surface area contributed by atoms with Gasteiger partial charge in [-0.25, -0.2) is 0 Å². The summed E-state index contributed by atoms with van der Waals surface area (Å²) in [6, 6.07) is 16.7. The van der Waals surface area contributed by atoms with Crippen LogP contribution in [0.25, 0.3) is 0 Å². The lowest BCUT2D eigenvalue weighted by Gasteiger charge is -2.15. The Balaban J connectivity index is 1.63. The van der Waals surface area contributed by atoms with Crippen molar-refractivity contribution in [2.24, 2.45) is 0 Å². The first kappa shape index (κ1) is 16.6. The molecule has 2 heterocycles. The molecule has 0 spiro atoms. The predicted molar refractivity (Wildman–Crippen MR) is 95.1 cm³/mol. The number of ether oxygens (including phenoxy) is 1. The van der Waals surface area contributed by atoms with E-state index in [9.17, 15) is 4.79 Å². The van der Waals surface area contributed by atoms with Crippen molar-refractivity contribution in [3.63, 3.8) is 0 Å². The molecule has 0 fully saturated rings. The third-order valence-electron chi connectivity index (χ3n) is 3.74. The highest BCUT2D eigenvalue weighted by Gasteiger charge is 2.12. The fourth-order valence-electron chi connectivity index (χ4n) is 2.37. The maximum Gasteiger partial charge on any atom is 0.253 e. The van der Waals surface area contributed by atoms with E-state index in [1.54, 1.807) is 30.7 Å². The first-order valence-electron chi connectivity index (χ1n) is 8.06. The number of aromatic nitrogens is 2. The number of nitrogens with zero attached hydrogens (tertiary/aromatic N) is 2. The summed E-state index contributed by atoms with van der Waals surface area (Å²) in [5.74, 6) is 0.589. The van der Waals surface area contributed by atoms with Crippen LogP contribution in [0.5, 0.6) is 5.75 Å². The number of amides is 1. The second-order valence-corrected chi connectivity index (χ2v) is 5.62. The van der Waals surface area contributed by atoms with Crippen LogP contribution in [0.2, 0.25) is 0 Å². The molecule has 0 aliphatic rings. The largest absolute Gasteiger partial charge is 0.487 e. The third-order valence-corrected chi connectivity index (χ3v) is 3.74. The van der Waals surface area contributed by atoms with E-state index in [0.717, 1.165) is 17.0 Å². The van der Waals surface area contributed by atoms with Crippen molar-refractivity contribution in [2.75, 3.05) is 0 Å². The van der Waals surface area contributed by atoms with Crippen molar-refractivity contribution in [3.05, 3.63) is 90.0 Å². The van der Waals surface area contributed by atoms with Crippen molar-refractivity contribution in [1.82, 2.24) is 15.3 Å². The Morgan fingerprint density at radius 2 is 2.04 bits per heavy atom. The van der Waals surface area contributed by atoms with Crippen molar-refractivity contribution in [3.8, 4) is 5.75 Å². The Morgan fingerprint density at radius 1 is 1.12 bits per heavy atom. The van der Waals surface area contributed by atoms with Crippen LogP contribution in [0.3, 0.4) is 0 Å². The second kappa shape index (κ2) is 8.06. The van der Waals surface area contributed by atoms with E-state index < -0.39 is 0 Å². The summed E-state index contributed by atoms with van der Waals surface area (Å²) < 4.78 is 5.79. The summed E-state index contributed by atoms with van der Waals surface area (Å²) in [6.07, 6.45) is 4.93. The van der Waals surface area contributed by atoms with Crippen molar-refractivity contribution < 1.29 is 9.53 Å². The monoisotopic (exact) mass is 333 g/mol. The van der Waals surface area contributed by atoms with Crippen LogP contribution in [0.15, 0.2) is 73.2 Å². The van der Waals surface area contributed by atoms with Crippen LogP contribution in [0.4, 0.5) is 0 Å². The van der Waals surface area contributed by atoms with E-state index in [0.29, 0.717) is 12.2 Å². The molecule has 1 amide bonds. The maximum absolute atomic E-state index is 12.2. The highest BCUT2D eigenvalue weighted by molar-refractivity contribution is 5.94. The lowest BCUT2D eigenvalue weighted by molar-refractivity contribution is 0.0939. The molecular weight excluding hydrogens is 314 g/mol. The molecule has 0 bridgehead atoms. The third kappa shape index (κ3) is 4.64. The molecule has 1 N–H and O–H groups in total. The fraction of sp³-hybridized carbons (Fsp3) is 0.150. The first-order chi connectivity index (χ1) is 12.2. The van der Waals surface area contributed by atoms with Crippen LogP contribution >= 0.6 is 0 Å². The van der Waals surface area contributed by atoms with Gasteiger partial charge in [0.15, 0.2) is 0 Å². The molecule has 0 saturated heterocycles. The predicted octanol–water partition coefficient (Wildman–Crippen LogP) is 3.55. The molecule has 0 radical (unpaired) electrons. The summed E-state index contributed by atoms with van der Waals surface area (Å²) in [5, 5.41) is 2.97. The van der Waals surface area contributed by atoms with Crippen LogP contribution in [0.1, 0.15) is 34.6 Å². The quantitative estimate of drug-likeness (QED) is 0.749. The van der Waals surface area contributed by atoms with Crippen molar-refractivity contribution >= 4 is 5.91 Å². The molecule has 1 unspecified atom stereocenters. The molecule has 0 saturated carbocycles. The van der Waals surface area contributed by atoms with E-state index in [4.69, 9.17) is 4.74 Å². The van der Waals surface area contributed by atoms with Gasteiger partial charge in [-0.3, -0.25) is 14.8 Å². The molecule has 5 heteroatoms. The van der Waals surface area contributed by atoms with E-state index in [1.165, 1.54) is 0 Å². The number of nitrogens with one attached hydrogen (secondary N) is 1. The summed E-state index contributed by atoms with van der Waals surface area (Å²) in [5.41, 5.74) is 2.37. The van der Waals surface area contributed by atoms with E-state index in [1.807, 2.05) is 49.4 Å². The zero-order valence-electron chi connectivity index (χ0n) is 13.9. The van der Waals surface area contributed by atoms with Crippen LogP contribution < -0.4 is 10.1 Å². The maximum atomic E-state index is 12.2. The number of carbonyl (C=O) groups is 1. The molecule has 3 aromatic rings. The summed E-state index contributed by atoms with van der Waals surface area (Å²) in [7, 11) is 0. The Kier molecular flexibility index (Phi) is 5.36. The number of carbonyl (C=O) groups excluding carboxylic acids is 1. The Morgan fingerprint density at radius 3 is 2.80 bits per heavy atom. The SMILES string of the molecule is CC(NC(=O)c1cccnc1)c1cccc(OCc2ccccn2)c1. The van der Waals surface area contributed by atoms with Crippen molar-refractivity contribution in [1.29, 1.82) is 0 Å². The number of benzene rings is 1. The molecular formula is C20H19N3O2. The lowest BCUT2D eigenvalue weighted by atomic mass is 10.1. The molecule has 25 heavy (non-hydrogen) atoms. The van der Waals surface area contributed by atoms with Gasteiger partial charge < -0.3 is 10.1 Å². The fourth-order valence-corrected chi connectivity index (χ4v) is 2.37. The van der Waals surface area contributed by atoms with Crippen LogP contribution in [0, 0.1) is 0 Å². The average Bonchev–Trinajstić information content (AvgIpc) is 2.68. The summed E-state index contributed by atoms with van der Waals surface area (Å²) in [6.45, 7) is 2.34. The number of hydrogen-bond acceptors (Lipinski definition) is 4. The molecule has 2 aromatic heterocycles. The van der Waals surface area contributed by atoms with Gasteiger partial charge in [0.1, 0.15) is 12.4 Å². The van der Waals surface area contributed by atoms with Gasteiger partial charge in [-0.2, -0.15) is 0 Å². The molecule has 0 aliphatic carbocycles.